The highest BCUT2D eigenvalue weighted by atomic mass is 32.1. The van der Waals surface area contributed by atoms with Gasteiger partial charge in [-0.2, -0.15) is 14.7 Å². The largest absolute Gasteiger partial charge is 0.494 e. The van der Waals surface area contributed by atoms with E-state index in [9.17, 15) is 9.18 Å². The molecule has 0 unspecified atom stereocenters. The van der Waals surface area contributed by atoms with Crippen LogP contribution in [0.5, 0.6) is 5.75 Å². The highest BCUT2D eigenvalue weighted by Crippen LogP contribution is 2.28. The molecule has 5 aromatic rings. The second-order valence-electron chi connectivity index (χ2n) is 6.43. The van der Waals surface area contributed by atoms with Gasteiger partial charge in [0.2, 0.25) is 4.96 Å². The highest BCUT2D eigenvalue weighted by molar-refractivity contribution is 7.15. The van der Waals surface area contributed by atoms with Crippen molar-refractivity contribution >= 4 is 22.4 Å². The fraction of sp³-hybridized carbons (Fsp3) is 0.0476. The van der Waals surface area contributed by atoms with Crippen molar-refractivity contribution in [3.63, 3.8) is 0 Å². The number of rotatable bonds is 4. The molecular weight excluding hydrogens is 405 g/mol. The van der Waals surface area contributed by atoms with Crippen molar-refractivity contribution in [3.05, 3.63) is 87.3 Å². The standard InChI is InChI=1S/C21H14FN5O2S/c1-29-17-8-7-13(9-16(17)22)19-14(11-26(25-19)15-5-3-2-4-6-15)10-18-20(28)27-21(30-18)23-12-24-27/h2-12H,1H3/b18-10-. The molecule has 0 aliphatic heterocycles. The summed E-state index contributed by atoms with van der Waals surface area (Å²) in [6.07, 6.45) is 4.88. The first-order valence-electron chi connectivity index (χ1n) is 8.97. The molecule has 7 nitrogen and oxygen atoms in total. The quantitative estimate of drug-likeness (QED) is 0.448. The molecule has 0 saturated heterocycles. The molecule has 30 heavy (non-hydrogen) atoms. The fourth-order valence-corrected chi connectivity index (χ4v) is 4.04. The van der Waals surface area contributed by atoms with Crippen LogP contribution in [0.15, 0.2) is 65.8 Å². The van der Waals surface area contributed by atoms with Gasteiger partial charge in [-0.1, -0.05) is 29.5 Å². The van der Waals surface area contributed by atoms with Crippen molar-refractivity contribution in [2.24, 2.45) is 0 Å². The molecule has 5 rings (SSSR count). The maximum atomic E-state index is 14.3. The average Bonchev–Trinajstić information content (AvgIpc) is 3.46. The van der Waals surface area contributed by atoms with E-state index in [4.69, 9.17) is 4.74 Å². The zero-order valence-electron chi connectivity index (χ0n) is 15.7. The van der Waals surface area contributed by atoms with E-state index in [1.165, 1.54) is 35.4 Å². The lowest BCUT2D eigenvalue weighted by Crippen LogP contribution is -2.23. The van der Waals surface area contributed by atoms with Gasteiger partial charge in [0.05, 0.1) is 17.3 Å². The first-order valence-corrected chi connectivity index (χ1v) is 9.79. The second-order valence-corrected chi connectivity index (χ2v) is 7.44. The van der Waals surface area contributed by atoms with E-state index in [-0.39, 0.29) is 11.3 Å². The van der Waals surface area contributed by atoms with Crippen molar-refractivity contribution < 1.29 is 9.13 Å². The number of hydrogen-bond donors (Lipinski definition) is 0. The Morgan fingerprint density at radius 3 is 2.73 bits per heavy atom. The maximum Gasteiger partial charge on any atom is 0.291 e. The first-order chi connectivity index (χ1) is 14.6. The number of methoxy groups -OCH3 is 1. The highest BCUT2D eigenvalue weighted by Gasteiger charge is 2.15. The molecule has 3 heterocycles. The van der Waals surface area contributed by atoms with Crippen LogP contribution in [0.4, 0.5) is 4.39 Å². The van der Waals surface area contributed by atoms with Crippen LogP contribution in [0.2, 0.25) is 0 Å². The Labute approximate surface area is 173 Å². The monoisotopic (exact) mass is 419 g/mol. The number of benzene rings is 2. The number of hydrogen-bond acceptors (Lipinski definition) is 6. The molecule has 148 valence electrons. The third kappa shape index (κ3) is 3.05. The third-order valence-electron chi connectivity index (χ3n) is 4.60. The second kappa shape index (κ2) is 7.20. The van der Waals surface area contributed by atoms with Crippen LogP contribution in [0.3, 0.4) is 0 Å². The van der Waals surface area contributed by atoms with Crippen molar-refractivity contribution in [2.75, 3.05) is 7.11 Å². The molecule has 0 atom stereocenters. The maximum absolute atomic E-state index is 14.3. The van der Waals surface area contributed by atoms with E-state index in [0.717, 1.165) is 5.69 Å². The van der Waals surface area contributed by atoms with E-state index >= 15 is 0 Å². The summed E-state index contributed by atoms with van der Waals surface area (Å²) in [6.45, 7) is 0. The molecular formula is C21H14FN5O2S. The first kappa shape index (κ1) is 18.2. The summed E-state index contributed by atoms with van der Waals surface area (Å²) in [4.78, 5) is 17.2. The van der Waals surface area contributed by atoms with Crippen LogP contribution in [-0.2, 0) is 0 Å². The molecule has 0 saturated carbocycles. The molecule has 0 aliphatic carbocycles. The zero-order chi connectivity index (χ0) is 20.7. The van der Waals surface area contributed by atoms with Crippen LogP contribution >= 0.6 is 11.3 Å². The van der Waals surface area contributed by atoms with Gasteiger partial charge in [-0.05, 0) is 36.4 Å². The minimum atomic E-state index is -0.487. The Morgan fingerprint density at radius 2 is 2.00 bits per heavy atom. The minimum absolute atomic E-state index is 0.152. The van der Waals surface area contributed by atoms with Gasteiger partial charge >= 0.3 is 0 Å². The lowest BCUT2D eigenvalue weighted by atomic mass is 10.1. The number of thiazole rings is 1. The fourth-order valence-electron chi connectivity index (χ4n) is 3.16. The minimum Gasteiger partial charge on any atom is -0.494 e. The van der Waals surface area contributed by atoms with E-state index in [2.05, 4.69) is 15.2 Å². The Bertz CT molecular complexity index is 1470. The van der Waals surface area contributed by atoms with E-state index in [1.807, 2.05) is 36.5 Å². The molecule has 3 aromatic heterocycles. The van der Waals surface area contributed by atoms with Gasteiger partial charge in [-0.15, -0.1) is 0 Å². The summed E-state index contributed by atoms with van der Waals surface area (Å²) in [7, 11) is 1.42. The Morgan fingerprint density at radius 1 is 1.17 bits per heavy atom. The topological polar surface area (TPSA) is 74.3 Å². The van der Waals surface area contributed by atoms with Gasteiger partial charge < -0.3 is 4.74 Å². The number of halogens is 1. The van der Waals surface area contributed by atoms with Crippen LogP contribution in [0.25, 0.3) is 28.0 Å². The van der Waals surface area contributed by atoms with Gasteiger partial charge in [0.1, 0.15) is 12.0 Å². The number of para-hydroxylation sites is 1. The zero-order valence-corrected chi connectivity index (χ0v) is 16.5. The van der Waals surface area contributed by atoms with E-state index in [1.54, 1.807) is 22.9 Å². The van der Waals surface area contributed by atoms with Crippen molar-refractivity contribution in [1.29, 1.82) is 0 Å². The summed E-state index contributed by atoms with van der Waals surface area (Å²) >= 11 is 1.23. The van der Waals surface area contributed by atoms with Crippen molar-refractivity contribution in [3.8, 4) is 22.7 Å². The summed E-state index contributed by atoms with van der Waals surface area (Å²) < 4.78 is 22.8. The van der Waals surface area contributed by atoms with Gasteiger partial charge in [0.25, 0.3) is 5.56 Å². The smallest absolute Gasteiger partial charge is 0.291 e. The van der Waals surface area contributed by atoms with E-state index in [0.29, 0.717) is 26.3 Å². The SMILES string of the molecule is COc1ccc(-c2nn(-c3ccccc3)cc2/C=c2\sc3ncnn3c2=O)cc1F. The number of fused-ring (bicyclic) bond motifs is 1. The number of ether oxygens (including phenoxy) is 1. The summed E-state index contributed by atoms with van der Waals surface area (Å²) in [5.41, 5.74) is 2.37. The van der Waals surface area contributed by atoms with Crippen LogP contribution in [0, 0.1) is 5.82 Å². The van der Waals surface area contributed by atoms with E-state index < -0.39 is 5.82 Å². The van der Waals surface area contributed by atoms with Crippen LogP contribution in [-0.4, -0.2) is 31.5 Å². The van der Waals surface area contributed by atoms with Gasteiger partial charge in [0, 0.05) is 17.3 Å². The summed E-state index contributed by atoms with van der Waals surface area (Å²) in [5, 5.41) is 8.60. The van der Waals surface area contributed by atoms with Crippen molar-refractivity contribution in [2.45, 2.75) is 0 Å². The molecule has 0 N–H and O–H groups in total. The molecule has 9 heteroatoms. The molecule has 0 amide bonds. The van der Waals surface area contributed by atoms with Crippen LogP contribution in [0.1, 0.15) is 5.56 Å². The lowest BCUT2D eigenvalue weighted by Gasteiger charge is -2.04. The molecule has 2 aromatic carbocycles. The summed E-state index contributed by atoms with van der Waals surface area (Å²) in [6, 6.07) is 14.2. The molecule has 0 bridgehead atoms. The Balaban J connectivity index is 1.72. The molecule has 0 fully saturated rings. The third-order valence-corrected chi connectivity index (χ3v) is 5.57. The average molecular weight is 419 g/mol. The Hall–Kier alpha value is -3.85. The van der Waals surface area contributed by atoms with Crippen molar-refractivity contribution in [1.82, 2.24) is 24.4 Å². The number of nitrogens with zero attached hydrogens (tertiary/aromatic N) is 5. The molecule has 0 spiro atoms. The number of aromatic nitrogens is 5. The van der Waals surface area contributed by atoms with Gasteiger partial charge in [0.15, 0.2) is 11.6 Å². The molecule has 0 radical (unpaired) electrons. The normalized spacial score (nSPS) is 12.0. The van der Waals surface area contributed by atoms with Gasteiger partial charge in [-0.3, -0.25) is 4.79 Å². The van der Waals surface area contributed by atoms with Crippen LogP contribution < -0.4 is 14.8 Å². The predicted molar refractivity (Wildman–Crippen MR) is 111 cm³/mol. The summed E-state index contributed by atoms with van der Waals surface area (Å²) in [5.74, 6) is -0.335. The lowest BCUT2D eigenvalue weighted by molar-refractivity contribution is 0.386. The van der Waals surface area contributed by atoms with Gasteiger partial charge in [-0.25, -0.2) is 14.1 Å². The predicted octanol–water partition coefficient (Wildman–Crippen LogP) is 2.70. The molecule has 0 aliphatic rings. The Kier molecular flexibility index (Phi) is 4.36.